The summed E-state index contributed by atoms with van der Waals surface area (Å²) in [7, 11) is 2.20. The van der Waals surface area contributed by atoms with E-state index in [2.05, 4.69) is 18.9 Å². The van der Waals surface area contributed by atoms with Gasteiger partial charge in [0, 0.05) is 12.1 Å². The molecule has 1 saturated carbocycles. The molecule has 2 nitrogen and oxygen atoms in total. The third-order valence-corrected chi connectivity index (χ3v) is 4.83. The Morgan fingerprint density at radius 1 is 1.25 bits per heavy atom. The van der Waals surface area contributed by atoms with Crippen molar-refractivity contribution in [3.05, 3.63) is 35.6 Å². The van der Waals surface area contributed by atoms with Gasteiger partial charge in [0.2, 0.25) is 0 Å². The standard InChI is InChI=1S/C17H27FN2/c1-3-16(13-8-10-15(18)11-9-13)20(2)17-7-5-4-6-14(17)12-19/h8-11,14,16-17H,3-7,12,19H2,1-2H3. The summed E-state index contributed by atoms with van der Waals surface area (Å²) in [6, 6.07) is 7.87. The Hall–Kier alpha value is -0.930. The minimum absolute atomic E-state index is 0.163. The average Bonchev–Trinajstić information content (AvgIpc) is 2.49. The maximum atomic E-state index is 13.1. The first-order valence-corrected chi connectivity index (χ1v) is 7.84. The second kappa shape index (κ2) is 7.19. The van der Waals surface area contributed by atoms with Crippen molar-refractivity contribution in [1.82, 2.24) is 4.90 Å². The fourth-order valence-electron chi connectivity index (χ4n) is 3.67. The van der Waals surface area contributed by atoms with E-state index in [4.69, 9.17) is 5.73 Å². The summed E-state index contributed by atoms with van der Waals surface area (Å²) in [5.74, 6) is 0.437. The first kappa shape index (κ1) is 15.5. The first-order chi connectivity index (χ1) is 9.67. The Morgan fingerprint density at radius 2 is 1.90 bits per heavy atom. The number of benzene rings is 1. The van der Waals surface area contributed by atoms with E-state index in [-0.39, 0.29) is 5.82 Å². The number of nitrogens with two attached hydrogens (primary N) is 1. The Bertz CT molecular complexity index is 404. The van der Waals surface area contributed by atoms with Crippen molar-refractivity contribution in [2.75, 3.05) is 13.6 Å². The highest BCUT2D eigenvalue weighted by Crippen LogP contribution is 2.33. The molecular formula is C17H27FN2. The molecule has 0 amide bonds. The molecular weight excluding hydrogens is 251 g/mol. The normalized spacial score (nSPS) is 24.9. The molecule has 3 heteroatoms. The predicted molar refractivity (Wildman–Crippen MR) is 82.0 cm³/mol. The van der Waals surface area contributed by atoms with Crippen molar-refractivity contribution in [2.45, 2.75) is 51.1 Å². The molecule has 0 radical (unpaired) electrons. The van der Waals surface area contributed by atoms with Gasteiger partial charge in [0.1, 0.15) is 5.82 Å². The van der Waals surface area contributed by atoms with E-state index >= 15 is 0 Å². The zero-order valence-electron chi connectivity index (χ0n) is 12.7. The van der Waals surface area contributed by atoms with Crippen LogP contribution in [0.2, 0.25) is 0 Å². The molecule has 0 aromatic heterocycles. The Labute approximate surface area is 122 Å². The van der Waals surface area contributed by atoms with Crippen molar-refractivity contribution < 1.29 is 4.39 Å². The van der Waals surface area contributed by atoms with Gasteiger partial charge in [-0.3, -0.25) is 4.90 Å². The van der Waals surface area contributed by atoms with Gasteiger partial charge in [-0.1, -0.05) is 31.9 Å². The second-order valence-corrected chi connectivity index (χ2v) is 5.99. The molecule has 1 aliphatic rings. The third kappa shape index (κ3) is 3.39. The number of nitrogens with zero attached hydrogens (tertiary/aromatic N) is 1. The lowest BCUT2D eigenvalue weighted by Crippen LogP contribution is -2.44. The lowest BCUT2D eigenvalue weighted by Gasteiger charge is -2.41. The summed E-state index contributed by atoms with van der Waals surface area (Å²) in [5.41, 5.74) is 7.16. The van der Waals surface area contributed by atoms with Gasteiger partial charge >= 0.3 is 0 Å². The van der Waals surface area contributed by atoms with Crippen LogP contribution < -0.4 is 5.73 Å². The molecule has 1 fully saturated rings. The fraction of sp³-hybridized carbons (Fsp3) is 0.647. The van der Waals surface area contributed by atoms with Crippen LogP contribution in [0.5, 0.6) is 0 Å². The number of halogens is 1. The molecule has 112 valence electrons. The Morgan fingerprint density at radius 3 is 2.50 bits per heavy atom. The molecule has 3 unspecified atom stereocenters. The summed E-state index contributed by atoms with van der Waals surface area (Å²) < 4.78 is 13.1. The van der Waals surface area contributed by atoms with Crippen molar-refractivity contribution in [2.24, 2.45) is 11.7 Å². The SMILES string of the molecule is CCC(c1ccc(F)cc1)N(C)C1CCCCC1CN. The van der Waals surface area contributed by atoms with Crippen LogP contribution in [0.4, 0.5) is 4.39 Å². The van der Waals surface area contributed by atoms with Crippen LogP contribution in [0.15, 0.2) is 24.3 Å². The summed E-state index contributed by atoms with van der Waals surface area (Å²) in [4.78, 5) is 2.48. The van der Waals surface area contributed by atoms with E-state index in [1.807, 2.05) is 12.1 Å². The van der Waals surface area contributed by atoms with Crippen LogP contribution in [0.3, 0.4) is 0 Å². The largest absolute Gasteiger partial charge is 0.330 e. The molecule has 2 rings (SSSR count). The van der Waals surface area contributed by atoms with Gasteiger partial charge in [-0.05, 0) is 56.5 Å². The smallest absolute Gasteiger partial charge is 0.123 e. The minimum Gasteiger partial charge on any atom is -0.330 e. The van der Waals surface area contributed by atoms with Crippen molar-refractivity contribution in [3.63, 3.8) is 0 Å². The van der Waals surface area contributed by atoms with Crippen LogP contribution in [-0.2, 0) is 0 Å². The molecule has 2 N–H and O–H groups in total. The van der Waals surface area contributed by atoms with Crippen LogP contribution >= 0.6 is 0 Å². The van der Waals surface area contributed by atoms with E-state index in [1.54, 1.807) is 12.1 Å². The van der Waals surface area contributed by atoms with E-state index in [0.717, 1.165) is 13.0 Å². The lowest BCUT2D eigenvalue weighted by molar-refractivity contribution is 0.0895. The predicted octanol–water partition coefficient (Wildman–Crippen LogP) is 3.73. The van der Waals surface area contributed by atoms with Gasteiger partial charge in [0.05, 0.1) is 0 Å². The van der Waals surface area contributed by atoms with Crippen LogP contribution in [0.25, 0.3) is 0 Å². The molecule has 0 aliphatic heterocycles. The van der Waals surface area contributed by atoms with Crippen LogP contribution in [0, 0.1) is 11.7 Å². The molecule has 20 heavy (non-hydrogen) atoms. The maximum absolute atomic E-state index is 13.1. The molecule has 0 bridgehead atoms. The van der Waals surface area contributed by atoms with Crippen molar-refractivity contribution >= 4 is 0 Å². The summed E-state index contributed by atoms with van der Waals surface area (Å²) in [6.45, 7) is 2.97. The van der Waals surface area contributed by atoms with E-state index in [1.165, 1.54) is 31.2 Å². The summed E-state index contributed by atoms with van der Waals surface area (Å²) >= 11 is 0. The van der Waals surface area contributed by atoms with Gasteiger partial charge in [-0.25, -0.2) is 4.39 Å². The highest BCUT2D eigenvalue weighted by atomic mass is 19.1. The fourth-order valence-corrected chi connectivity index (χ4v) is 3.67. The van der Waals surface area contributed by atoms with Crippen molar-refractivity contribution in [3.8, 4) is 0 Å². The third-order valence-electron chi connectivity index (χ3n) is 4.83. The molecule has 3 atom stereocenters. The van der Waals surface area contributed by atoms with E-state index in [9.17, 15) is 4.39 Å². The van der Waals surface area contributed by atoms with Crippen LogP contribution in [-0.4, -0.2) is 24.5 Å². The molecule has 0 spiro atoms. The van der Waals surface area contributed by atoms with Gasteiger partial charge < -0.3 is 5.73 Å². The molecule has 0 saturated heterocycles. The minimum atomic E-state index is -0.163. The van der Waals surface area contributed by atoms with Gasteiger partial charge in [-0.15, -0.1) is 0 Å². The Balaban J connectivity index is 2.15. The molecule has 0 heterocycles. The number of hydrogen-bond donors (Lipinski definition) is 1. The van der Waals surface area contributed by atoms with Gasteiger partial charge in [-0.2, -0.15) is 0 Å². The monoisotopic (exact) mass is 278 g/mol. The second-order valence-electron chi connectivity index (χ2n) is 5.99. The molecule has 1 aromatic rings. The van der Waals surface area contributed by atoms with E-state index < -0.39 is 0 Å². The highest BCUT2D eigenvalue weighted by Gasteiger charge is 2.30. The summed E-state index contributed by atoms with van der Waals surface area (Å²) in [5, 5.41) is 0. The summed E-state index contributed by atoms with van der Waals surface area (Å²) in [6.07, 6.45) is 6.11. The number of hydrogen-bond acceptors (Lipinski definition) is 2. The van der Waals surface area contributed by atoms with Crippen molar-refractivity contribution in [1.29, 1.82) is 0 Å². The topological polar surface area (TPSA) is 29.3 Å². The van der Waals surface area contributed by atoms with E-state index in [0.29, 0.717) is 18.0 Å². The molecule has 1 aliphatic carbocycles. The average molecular weight is 278 g/mol. The van der Waals surface area contributed by atoms with Gasteiger partial charge in [0.25, 0.3) is 0 Å². The first-order valence-electron chi connectivity index (χ1n) is 7.84. The van der Waals surface area contributed by atoms with Crippen LogP contribution in [0.1, 0.15) is 50.6 Å². The molecule has 1 aromatic carbocycles. The quantitative estimate of drug-likeness (QED) is 0.889. The van der Waals surface area contributed by atoms with Gasteiger partial charge in [0.15, 0.2) is 0 Å². The Kier molecular flexibility index (Phi) is 5.55. The maximum Gasteiger partial charge on any atom is 0.123 e. The highest BCUT2D eigenvalue weighted by molar-refractivity contribution is 5.20. The zero-order chi connectivity index (χ0) is 14.5. The zero-order valence-corrected chi connectivity index (χ0v) is 12.7. The lowest BCUT2D eigenvalue weighted by atomic mass is 9.82. The number of rotatable bonds is 5.